The number of nitrogens with one attached hydrogen (secondary N) is 3. The van der Waals surface area contributed by atoms with Gasteiger partial charge in [-0.1, -0.05) is 19.8 Å². The zero-order chi connectivity index (χ0) is 13.2. The van der Waals surface area contributed by atoms with Gasteiger partial charge >= 0.3 is 0 Å². The van der Waals surface area contributed by atoms with Gasteiger partial charge in [-0.2, -0.15) is 0 Å². The predicted molar refractivity (Wildman–Crippen MR) is 74.7 cm³/mol. The number of hydrogen-bond acceptors (Lipinski definition) is 2. The third kappa shape index (κ3) is 5.89. The maximum atomic E-state index is 11.5. The van der Waals surface area contributed by atoms with Gasteiger partial charge in [0, 0.05) is 19.1 Å². The Labute approximate surface area is 110 Å². The van der Waals surface area contributed by atoms with Crippen molar-refractivity contribution in [3.63, 3.8) is 0 Å². The first-order chi connectivity index (χ1) is 8.76. The maximum absolute atomic E-state index is 11.5. The monoisotopic (exact) mass is 254 g/mol. The molecule has 0 radical (unpaired) electrons. The average molecular weight is 254 g/mol. The summed E-state index contributed by atoms with van der Waals surface area (Å²) in [6.45, 7) is 5.80. The summed E-state index contributed by atoms with van der Waals surface area (Å²) in [6, 6.07) is 0.515. The lowest BCUT2D eigenvalue weighted by atomic mass is 10.2. The van der Waals surface area contributed by atoms with E-state index >= 15 is 0 Å². The van der Waals surface area contributed by atoms with Crippen LogP contribution in [0.5, 0.6) is 0 Å². The topological polar surface area (TPSA) is 65.5 Å². The van der Waals surface area contributed by atoms with E-state index in [1.807, 2.05) is 13.8 Å². The first-order valence-electron chi connectivity index (χ1n) is 7.07. The molecule has 0 saturated heterocycles. The van der Waals surface area contributed by atoms with Crippen LogP contribution in [0.2, 0.25) is 0 Å². The molecule has 5 nitrogen and oxygen atoms in total. The lowest BCUT2D eigenvalue weighted by Gasteiger charge is -2.16. The average Bonchev–Trinajstić information content (AvgIpc) is 2.86. The predicted octanol–water partition coefficient (Wildman–Crippen LogP) is 1.01. The van der Waals surface area contributed by atoms with Crippen LogP contribution in [0.25, 0.3) is 0 Å². The lowest BCUT2D eigenvalue weighted by Crippen LogP contribution is -2.43. The minimum Gasteiger partial charge on any atom is -0.357 e. The van der Waals surface area contributed by atoms with Crippen LogP contribution in [0.15, 0.2) is 4.99 Å². The molecular weight excluding hydrogens is 228 g/mol. The number of guanidine groups is 1. The van der Waals surface area contributed by atoms with Crippen LogP contribution < -0.4 is 16.0 Å². The quantitative estimate of drug-likeness (QED) is 0.489. The zero-order valence-corrected chi connectivity index (χ0v) is 11.6. The molecule has 0 heterocycles. The van der Waals surface area contributed by atoms with Gasteiger partial charge in [0.05, 0.1) is 0 Å². The molecule has 1 saturated carbocycles. The van der Waals surface area contributed by atoms with Crippen LogP contribution in [0.3, 0.4) is 0 Å². The normalized spacial score (nSPS) is 16.7. The van der Waals surface area contributed by atoms with Crippen LogP contribution in [0, 0.1) is 0 Å². The smallest absolute Gasteiger partial charge is 0.241 e. The van der Waals surface area contributed by atoms with Crippen molar-refractivity contribution in [1.82, 2.24) is 16.0 Å². The molecule has 1 rings (SSSR count). The summed E-state index contributed by atoms with van der Waals surface area (Å²) in [5, 5.41) is 9.39. The fourth-order valence-electron chi connectivity index (χ4n) is 2.05. The highest BCUT2D eigenvalue weighted by atomic mass is 16.1. The van der Waals surface area contributed by atoms with Gasteiger partial charge in [-0.25, -0.2) is 4.99 Å². The second-order valence-electron chi connectivity index (χ2n) is 4.67. The van der Waals surface area contributed by atoms with Crippen LogP contribution in [-0.4, -0.2) is 37.5 Å². The number of hydrogen-bond donors (Lipinski definition) is 3. The minimum absolute atomic E-state index is 0.0134. The van der Waals surface area contributed by atoms with Crippen molar-refractivity contribution in [2.24, 2.45) is 4.99 Å². The summed E-state index contributed by atoms with van der Waals surface area (Å²) in [5.41, 5.74) is 0. The van der Waals surface area contributed by atoms with E-state index in [1.165, 1.54) is 25.7 Å². The fraction of sp³-hybridized carbons (Fsp3) is 0.846. The first kappa shape index (κ1) is 14.8. The molecule has 0 atom stereocenters. The standard InChI is InChI=1S/C13H26N4O/c1-3-9-15-12(18)10-16-13(14-4-2)17-11-7-5-6-8-11/h11H,3-10H2,1-2H3,(H,15,18)(H2,14,16,17). The summed E-state index contributed by atoms with van der Waals surface area (Å²) >= 11 is 0. The second kappa shape index (κ2) is 8.78. The van der Waals surface area contributed by atoms with Crippen LogP contribution in [0.4, 0.5) is 0 Å². The summed E-state index contributed by atoms with van der Waals surface area (Å²) < 4.78 is 0. The van der Waals surface area contributed by atoms with Gasteiger partial charge in [0.2, 0.25) is 5.91 Å². The van der Waals surface area contributed by atoms with E-state index in [0.717, 1.165) is 25.5 Å². The van der Waals surface area contributed by atoms with Crippen molar-refractivity contribution in [3.05, 3.63) is 0 Å². The van der Waals surface area contributed by atoms with E-state index in [0.29, 0.717) is 6.04 Å². The molecule has 3 N–H and O–H groups in total. The Morgan fingerprint density at radius 3 is 2.56 bits per heavy atom. The van der Waals surface area contributed by atoms with Crippen LogP contribution in [-0.2, 0) is 4.79 Å². The van der Waals surface area contributed by atoms with Crippen molar-refractivity contribution in [2.75, 3.05) is 19.6 Å². The van der Waals surface area contributed by atoms with E-state index in [9.17, 15) is 4.79 Å². The highest BCUT2D eigenvalue weighted by molar-refractivity contribution is 5.85. The third-order valence-electron chi connectivity index (χ3n) is 2.99. The van der Waals surface area contributed by atoms with Crippen molar-refractivity contribution in [1.29, 1.82) is 0 Å². The molecule has 0 spiro atoms. The van der Waals surface area contributed by atoms with Crippen LogP contribution >= 0.6 is 0 Å². The molecule has 0 bridgehead atoms. The summed E-state index contributed by atoms with van der Waals surface area (Å²) in [6.07, 6.45) is 5.93. The molecule has 1 amide bonds. The van der Waals surface area contributed by atoms with Gasteiger partial charge in [-0.15, -0.1) is 0 Å². The molecule has 0 unspecified atom stereocenters. The molecule has 1 aliphatic carbocycles. The number of carbonyl (C=O) groups is 1. The lowest BCUT2D eigenvalue weighted by molar-refractivity contribution is -0.119. The van der Waals surface area contributed by atoms with Gasteiger partial charge in [0.15, 0.2) is 5.96 Å². The fourth-order valence-corrected chi connectivity index (χ4v) is 2.05. The zero-order valence-electron chi connectivity index (χ0n) is 11.6. The van der Waals surface area contributed by atoms with Gasteiger partial charge in [0.1, 0.15) is 6.54 Å². The minimum atomic E-state index is -0.0134. The number of rotatable bonds is 6. The Kier molecular flexibility index (Phi) is 7.22. The Hall–Kier alpha value is -1.26. The molecular formula is C13H26N4O. The van der Waals surface area contributed by atoms with Crippen molar-refractivity contribution in [2.45, 2.75) is 52.0 Å². The summed E-state index contributed by atoms with van der Waals surface area (Å²) in [4.78, 5) is 15.8. The van der Waals surface area contributed by atoms with Gasteiger partial charge < -0.3 is 16.0 Å². The molecule has 0 aromatic rings. The van der Waals surface area contributed by atoms with E-state index in [-0.39, 0.29) is 12.5 Å². The highest BCUT2D eigenvalue weighted by Crippen LogP contribution is 2.17. The largest absolute Gasteiger partial charge is 0.357 e. The number of amides is 1. The molecule has 1 fully saturated rings. The third-order valence-corrected chi connectivity index (χ3v) is 2.99. The van der Waals surface area contributed by atoms with Crippen molar-refractivity contribution < 1.29 is 4.79 Å². The summed E-state index contributed by atoms with van der Waals surface area (Å²) in [7, 11) is 0. The Bertz CT molecular complexity index is 272. The van der Waals surface area contributed by atoms with Gasteiger partial charge in [-0.3, -0.25) is 4.79 Å². The molecule has 0 aromatic heterocycles. The molecule has 18 heavy (non-hydrogen) atoms. The van der Waals surface area contributed by atoms with Crippen molar-refractivity contribution in [3.8, 4) is 0 Å². The second-order valence-corrected chi connectivity index (χ2v) is 4.67. The van der Waals surface area contributed by atoms with E-state index in [2.05, 4.69) is 20.9 Å². The molecule has 5 heteroatoms. The highest BCUT2D eigenvalue weighted by Gasteiger charge is 2.15. The maximum Gasteiger partial charge on any atom is 0.241 e. The van der Waals surface area contributed by atoms with Gasteiger partial charge in [-0.05, 0) is 26.2 Å². The Morgan fingerprint density at radius 1 is 1.22 bits per heavy atom. The molecule has 0 aromatic carbocycles. The van der Waals surface area contributed by atoms with Crippen molar-refractivity contribution >= 4 is 11.9 Å². The Morgan fingerprint density at radius 2 is 1.94 bits per heavy atom. The van der Waals surface area contributed by atoms with Gasteiger partial charge in [0.25, 0.3) is 0 Å². The van der Waals surface area contributed by atoms with E-state index in [4.69, 9.17) is 0 Å². The molecule has 1 aliphatic rings. The number of aliphatic imine (C=N–C) groups is 1. The van der Waals surface area contributed by atoms with E-state index in [1.54, 1.807) is 0 Å². The number of nitrogens with zero attached hydrogens (tertiary/aromatic N) is 1. The molecule has 0 aliphatic heterocycles. The number of carbonyl (C=O) groups excluding carboxylic acids is 1. The van der Waals surface area contributed by atoms with E-state index < -0.39 is 0 Å². The van der Waals surface area contributed by atoms with Crippen LogP contribution in [0.1, 0.15) is 46.0 Å². The first-order valence-corrected chi connectivity index (χ1v) is 7.07. The summed E-state index contributed by atoms with van der Waals surface area (Å²) in [5.74, 6) is 0.747. The Balaban J connectivity index is 2.36. The SMILES string of the molecule is CCCNC(=O)CN=C(NCC)NC1CCCC1. The molecule has 104 valence electrons.